The number of carbonyl (C=O) groups excluding carboxylic acids is 1. The number of carbonyl (C=O) groups is 1. The number of nitrogens with zero attached hydrogens (tertiary/aromatic N) is 3. The molecule has 2 heterocycles. The molecule has 0 radical (unpaired) electrons. The lowest BCUT2D eigenvalue weighted by Crippen LogP contribution is -2.58. The van der Waals surface area contributed by atoms with Crippen molar-refractivity contribution in [1.29, 1.82) is 0 Å². The van der Waals surface area contributed by atoms with E-state index in [4.69, 9.17) is 0 Å². The van der Waals surface area contributed by atoms with Crippen LogP contribution in [0.5, 0.6) is 0 Å². The summed E-state index contributed by atoms with van der Waals surface area (Å²) in [7, 11) is 0. The van der Waals surface area contributed by atoms with E-state index in [1.54, 1.807) is 50.2 Å². The Bertz CT molecular complexity index is 867. The predicted molar refractivity (Wildman–Crippen MR) is 96.4 cm³/mol. The van der Waals surface area contributed by atoms with Crippen molar-refractivity contribution in [2.45, 2.75) is 32.1 Å². The highest BCUT2D eigenvalue weighted by atomic mass is 19.4. The Morgan fingerprint density at radius 2 is 1.89 bits per heavy atom. The Morgan fingerprint density at radius 1 is 1.19 bits per heavy atom. The van der Waals surface area contributed by atoms with Crippen LogP contribution in [0.3, 0.4) is 0 Å². The van der Waals surface area contributed by atoms with Gasteiger partial charge >= 0.3 is 11.8 Å². The molecule has 0 saturated heterocycles. The first kappa shape index (κ1) is 18.9. The maximum Gasteiger partial charge on any atom is 0.442 e. The number of aliphatic imine (C=N–C) groups is 1. The second-order valence-electron chi connectivity index (χ2n) is 6.31. The van der Waals surface area contributed by atoms with E-state index in [0.717, 1.165) is 4.90 Å². The van der Waals surface area contributed by atoms with Gasteiger partial charge in [-0.1, -0.05) is 37.3 Å². The van der Waals surface area contributed by atoms with E-state index < -0.39 is 17.7 Å². The Hall–Kier alpha value is -2.90. The first-order valence-electron chi connectivity index (χ1n) is 8.53. The van der Waals surface area contributed by atoms with E-state index in [1.807, 2.05) is 0 Å². The van der Waals surface area contributed by atoms with Gasteiger partial charge in [0.2, 0.25) is 0 Å². The van der Waals surface area contributed by atoms with Crippen molar-refractivity contribution >= 4 is 17.6 Å². The third kappa shape index (κ3) is 3.39. The van der Waals surface area contributed by atoms with Gasteiger partial charge in [0.05, 0.1) is 0 Å². The van der Waals surface area contributed by atoms with Crippen LogP contribution < -0.4 is 5.32 Å². The molecule has 8 heteroatoms. The Balaban J connectivity index is 2.14. The summed E-state index contributed by atoms with van der Waals surface area (Å²) in [4.78, 5) is 21.8. The van der Waals surface area contributed by atoms with Gasteiger partial charge in [0.1, 0.15) is 11.7 Å². The zero-order valence-electron chi connectivity index (χ0n) is 14.9. The monoisotopic (exact) mass is 376 g/mol. The third-order valence-corrected chi connectivity index (χ3v) is 4.20. The summed E-state index contributed by atoms with van der Waals surface area (Å²) in [5, 5.41) is 2.26. The standard InChI is InChI=1S/C19H19F3N4O/c1-3-11-26-16(14-7-5-4-6-8-14)25-18(17(26)27,19(20,21)22)24-15-12-13(2)9-10-23-15/h4-10,12H,3,11H2,1-2H3,(H,23,24)/t18-/m0/s1. The fourth-order valence-electron chi connectivity index (χ4n) is 2.92. The van der Waals surface area contributed by atoms with Crippen LogP contribution >= 0.6 is 0 Å². The van der Waals surface area contributed by atoms with Gasteiger partial charge in [-0.05, 0) is 31.0 Å². The Morgan fingerprint density at radius 3 is 2.48 bits per heavy atom. The average Bonchev–Trinajstić information content (AvgIpc) is 2.90. The molecular formula is C19H19F3N4O. The number of benzene rings is 1. The lowest BCUT2D eigenvalue weighted by molar-refractivity contribution is -0.185. The van der Waals surface area contributed by atoms with Crippen molar-refractivity contribution in [3.8, 4) is 0 Å². The molecule has 1 aliphatic rings. The number of amides is 1. The van der Waals surface area contributed by atoms with Crippen LogP contribution in [-0.4, -0.2) is 40.0 Å². The van der Waals surface area contributed by atoms with Gasteiger partial charge in [0.25, 0.3) is 5.91 Å². The van der Waals surface area contributed by atoms with E-state index in [0.29, 0.717) is 17.5 Å². The molecule has 0 bridgehead atoms. The molecule has 1 aromatic heterocycles. The maximum absolute atomic E-state index is 14.1. The molecule has 0 saturated carbocycles. The van der Waals surface area contributed by atoms with Crippen molar-refractivity contribution in [2.24, 2.45) is 4.99 Å². The van der Waals surface area contributed by atoms with Crippen molar-refractivity contribution in [3.05, 3.63) is 59.8 Å². The molecule has 1 N–H and O–H groups in total. The summed E-state index contributed by atoms with van der Waals surface area (Å²) in [6.07, 6.45) is -3.07. The number of hydrogen-bond acceptors (Lipinski definition) is 4. The van der Waals surface area contributed by atoms with Gasteiger partial charge in [0, 0.05) is 18.3 Å². The summed E-state index contributed by atoms with van der Waals surface area (Å²) in [5.41, 5.74) is -1.94. The fourth-order valence-corrected chi connectivity index (χ4v) is 2.92. The average molecular weight is 376 g/mol. The predicted octanol–water partition coefficient (Wildman–Crippen LogP) is 3.76. The SMILES string of the molecule is CCCN1C(=O)[C@@](Nc2cc(C)ccn2)(C(F)(F)F)N=C1c1ccccc1. The minimum absolute atomic E-state index is 0.0000666. The number of rotatable bonds is 5. The number of hydrogen-bond donors (Lipinski definition) is 1. The van der Waals surface area contributed by atoms with Crippen molar-refractivity contribution < 1.29 is 18.0 Å². The van der Waals surface area contributed by atoms with Crippen molar-refractivity contribution in [2.75, 3.05) is 11.9 Å². The topological polar surface area (TPSA) is 57.6 Å². The van der Waals surface area contributed by atoms with Crippen molar-refractivity contribution in [3.63, 3.8) is 0 Å². The van der Waals surface area contributed by atoms with Crippen LogP contribution in [0.25, 0.3) is 0 Å². The number of anilines is 1. The zero-order chi connectivity index (χ0) is 19.7. The van der Waals surface area contributed by atoms with Gasteiger partial charge in [-0.15, -0.1) is 0 Å². The first-order valence-corrected chi connectivity index (χ1v) is 8.53. The number of amidine groups is 1. The van der Waals surface area contributed by atoms with E-state index in [9.17, 15) is 18.0 Å². The van der Waals surface area contributed by atoms with Gasteiger partial charge in [-0.2, -0.15) is 13.2 Å². The summed E-state index contributed by atoms with van der Waals surface area (Å²) < 4.78 is 42.3. The van der Waals surface area contributed by atoms with Gasteiger partial charge < -0.3 is 5.32 Å². The lowest BCUT2D eigenvalue weighted by atomic mass is 10.1. The molecule has 0 unspecified atom stereocenters. The van der Waals surface area contributed by atoms with E-state index in [-0.39, 0.29) is 18.2 Å². The Labute approximate surface area is 154 Å². The van der Waals surface area contributed by atoms with Gasteiger partial charge in [-0.3, -0.25) is 9.69 Å². The van der Waals surface area contributed by atoms with Gasteiger partial charge in [-0.25, -0.2) is 9.98 Å². The molecule has 1 aromatic carbocycles. The van der Waals surface area contributed by atoms with Crippen molar-refractivity contribution in [1.82, 2.24) is 9.88 Å². The lowest BCUT2D eigenvalue weighted by Gasteiger charge is -2.29. The summed E-state index contributed by atoms with van der Waals surface area (Å²) >= 11 is 0. The molecule has 27 heavy (non-hydrogen) atoms. The Kier molecular flexibility index (Phi) is 4.91. The summed E-state index contributed by atoms with van der Waals surface area (Å²) in [6, 6.07) is 11.5. The molecule has 2 aromatic rings. The second kappa shape index (κ2) is 7.02. The van der Waals surface area contributed by atoms with Crippen LogP contribution in [-0.2, 0) is 4.79 Å². The molecule has 1 aliphatic heterocycles. The molecule has 0 spiro atoms. The molecule has 1 atom stereocenters. The van der Waals surface area contributed by atoms with Gasteiger partial charge in [0.15, 0.2) is 0 Å². The van der Waals surface area contributed by atoms with E-state index in [2.05, 4.69) is 15.3 Å². The largest absolute Gasteiger partial charge is 0.442 e. The minimum Gasteiger partial charge on any atom is -0.331 e. The van der Waals surface area contributed by atoms with E-state index >= 15 is 0 Å². The fraction of sp³-hybridized carbons (Fsp3) is 0.316. The number of aryl methyl sites for hydroxylation is 1. The molecule has 0 fully saturated rings. The number of pyridine rings is 1. The highest BCUT2D eigenvalue weighted by molar-refractivity contribution is 6.16. The third-order valence-electron chi connectivity index (χ3n) is 4.20. The normalized spacial score (nSPS) is 20.0. The molecule has 1 amide bonds. The number of aromatic nitrogens is 1. The second-order valence-corrected chi connectivity index (χ2v) is 6.31. The van der Waals surface area contributed by atoms with Crippen LogP contribution in [0.2, 0.25) is 0 Å². The van der Waals surface area contributed by atoms with Crippen LogP contribution in [0.15, 0.2) is 53.7 Å². The van der Waals surface area contributed by atoms with Crippen LogP contribution in [0, 0.1) is 6.92 Å². The quantitative estimate of drug-likeness (QED) is 0.865. The highest BCUT2D eigenvalue weighted by Gasteiger charge is 2.66. The zero-order valence-corrected chi connectivity index (χ0v) is 14.9. The van der Waals surface area contributed by atoms with Crippen LogP contribution in [0.4, 0.5) is 19.0 Å². The molecular weight excluding hydrogens is 357 g/mol. The number of alkyl halides is 3. The molecule has 142 valence electrons. The minimum atomic E-state index is -4.95. The molecule has 0 aliphatic carbocycles. The molecule has 3 rings (SSSR count). The molecule has 5 nitrogen and oxygen atoms in total. The summed E-state index contributed by atoms with van der Waals surface area (Å²) in [6.45, 7) is 3.65. The van der Waals surface area contributed by atoms with Crippen LogP contribution in [0.1, 0.15) is 24.5 Å². The first-order chi connectivity index (χ1) is 12.8. The maximum atomic E-state index is 14.1. The summed E-state index contributed by atoms with van der Waals surface area (Å²) in [5.74, 6) is -1.21. The number of halogens is 3. The number of nitrogens with one attached hydrogen (secondary N) is 1. The highest BCUT2D eigenvalue weighted by Crippen LogP contribution is 2.40. The smallest absolute Gasteiger partial charge is 0.331 e. The van der Waals surface area contributed by atoms with E-state index in [1.165, 1.54) is 12.3 Å².